The quantitative estimate of drug-likeness (QED) is 0.887. The van der Waals surface area contributed by atoms with E-state index in [4.69, 9.17) is 4.74 Å². The summed E-state index contributed by atoms with van der Waals surface area (Å²) in [5.74, 6) is 1.31. The molecule has 0 saturated carbocycles. The molecule has 7 heteroatoms. The van der Waals surface area contributed by atoms with Crippen LogP contribution in [-0.2, 0) is 11.2 Å². The molecular weight excluding hydrogens is 344 g/mol. The highest BCUT2D eigenvalue weighted by atomic mass is 16.5. The fraction of sp³-hybridized carbons (Fsp3) is 0.450. The van der Waals surface area contributed by atoms with E-state index in [1.165, 1.54) is 6.20 Å². The highest BCUT2D eigenvalue weighted by molar-refractivity contribution is 5.79. The molecular formula is C20H26N4O3. The van der Waals surface area contributed by atoms with Crippen LogP contribution < -0.4 is 15.2 Å². The lowest BCUT2D eigenvalue weighted by Crippen LogP contribution is -2.61. The second-order valence-electron chi connectivity index (χ2n) is 7.45. The predicted octanol–water partition coefficient (Wildman–Crippen LogP) is 1.76. The molecule has 1 aliphatic heterocycles. The molecule has 1 aromatic carbocycles. The number of H-pyrrole nitrogens is 1. The number of nitrogens with one attached hydrogen (secondary N) is 1. The van der Waals surface area contributed by atoms with Gasteiger partial charge in [-0.15, -0.1) is 0 Å². The van der Waals surface area contributed by atoms with Crippen molar-refractivity contribution in [1.29, 1.82) is 0 Å². The molecule has 3 rings (SSSR count). The Labute approximate surface area is 159 Å². The van der Waals surface area contributed by atoms with Gasteiger partial charge in [-0.1, -0.05) is 12.1 Å². The number of benzene rings is 1. The summed E-state index contributed by atoms with van der Waals surface area (Å²) >= 11 is 0. The van der Waals surface area contributed by atoms with Crippen LogP contribution in [0, 0.1) is 6.92 Å². The maximum atomic E-state index is 12.8. The molecule has 144 valence electrons. The van der Waals surface area contributed by atoms with Gasteiger partial charge in [0, 0.05) is 31.4 Å². The lowest BCUT2D eigenvalue weighted by atomic mass is 9.97. The Hall–Kier alpha value is -2.83. The third-order valence-corrected chi connectivity index (χ3v) is 4.97. The number of anilines is 1. The van der Waals surface area contributed by atoms with Crippen molar-refractivity contribution in [1.82, 2.24) is 14.9 Å². The van der Waals surface area contributed by atoms with Crippen LogP contribution in [0.4, 0.5) is 5.69 Å². The number of rotatable bonds is 4. The van der Waals surface area contributed by atoms with Crippen molar-refractivity contribution in [3.05, 3.63) is 52.2 Å². The first-order chi connectivity index (χ1) is 12.8. The van der Waals surface area contributed by atoms with E-state index in [2.05, 4.69) is 28.7 Å². The molecule has 1 aromatic heterocycles. The van der Waals surface area contributed by atoms with Gasteiger partial charge in [0.15, 0.2) is 0 Å². The summed E-state index contributed by atoms with van der Waals surface area (Å²) < 4.78 is 5.50. The average molecular weight is 370 g/mol. The number of carbonyl (C=O) groups excluding carboxylic acids is 1. The number of nitrogens with zero attached hydrogens (tertiary/aromatic N) is 3. The zero-order valence-corrected chi connectivity index (χ0v) is 16.3. The zero-order valence-electron chi connectivity index (χ0n) is 16.3. The molecule has 2 heterocycles. The van der Waals surface area contributed by atoms with Crippen molar-refractivity contribution in [2.45, 2.75) is 32.7 Å². The number of piperazine rings is 1. The average Bonchev–Trinajstić information content (AvgIpc) is 2.63. The monoisotopic (exact) mass is 370 g/mol. The summed E-state index contributed by atoms with van der Waals surface area (Å²) in [6.45, 7) is 7.80. The summed E-state index contributed by atoms with van der Waals surface area (Å²) in [5, 5.41) is 0. The first-order valence-corrected chi connectivity index (χ1v) is 9.05. The highest BCUT2D eigenvalue weighted by Gasteiger charge is 2.36. The normalized spacial score (nSPS) is 16.3. The lowest BCUT2D eigenvalue weighted by molar-refractivity contribution is -0.132. The number of carbonyl (C=O) groups is 1. The SMILES string of the molecule is COc1ccccc1N1CCN(C(=O)Cc2cnc(C)[nH]c2=O)CC1(C)C. The predicted molar refractivity (Wildman–Crippen MR) is 104 cm³/mol. The lowest BCUT2D eigenvalue weighted by Gasteiger charge is -2.48. The van der Waals surface area contributed by atoms with Crippen LogP contribution in [0.25, 0.3) is 0 Å². The summed E-state index contributed by atoms with van der Waals surface area (Å²) in [6, 6.07) is 7.92. The molecule has 0 unspecified atom stereocenters. The number of aromatic nitrogens is 2. The molecule has 2 aromatic rings. The van der Waals surface area contributed by atoms with Gasteiger partial charge in [0.2, 0.25) is 5.91 Å². The zero-order chi connectivity index (χ0) is 19.6. The van der Waals surface area contributed by atoms with Gasteiger partial charge in [0.05, 0.1) is 24.8 Å². The van der Waals surface area contributed by atoms with Gasteiger partial charge in [-0.2, -0.15) is 0 Å². The standard InChI is InChI=1S/C20H26N4O3/c1-14-21-12-15(19(26)22-14)11-18(25)23-9-10-24(20(2,3)13-23)16-7-5-6-8-17(16)27-4/h5-8,12H,9-11,13H2,1-4H3,(H,21,22,26). The summed E-state index contributed by atoms with van der Waals surface area (Å²) in [5.41, 5.74) is 0.912. The molecule has 1 aliphatic rings. The van der Waals surface area contributed by atoms with Crippen LogP contribution in [0.5, 0.6) is 5.75 Å². The van der Waals surface area contributed by atoms with Gasteiger partial charge in [-0.3, -0.25) is 9.59 Å². The number of para-hydroxylation sites is 2. The molecule has 0 atom stereocenters. The second kappa shape index (κ2) is 7.42. The topological polar surface area (TPSA) is 78.5 Å². The van der Waals surface area contributed by atoms with Crippen molar-refractivity contribution >= 4 is 11.6 Å². The van der Waals surface area contributed by atoms with E-state index in [1.807, 2.05) is 29.2 Å². The Morgan fingerprint density at radius 2 is 2.04 bits per heavy atom. The largest absolute Gasteiger partial charge is 0.495 e. The second-order valence-corrected chi connectivity index (χ2v) is 7.45. The Bertz CT molecular complexity index is 891. The Morgan fingerprint density at radius 3 is 2.70 bits per heavy atom. The van der Waals surface area contributed by atoms with Crippen molar-refractivity contribution < 1.29 is 9.53 Å². The maximum Gasteiger partial charge on any atom is 0.254 e. The van der Waals surface area contributed by atoms with Crippen LogP contribution in [0.1, 0.15) is 25.2 Å². The van der Waals surface area contributed by atoms with Crippen LogP contribution >= 0.6 is 0 Å². The third kappa shape index (κ3) is 3.97. The van der Waals surface area contributed by atoms with E-state index in [9.17, 15) is 9.59 Å². The number of aromatic amines is 1. The first kappa shape index (κ1) is 18.9. The summed E-state index contributed by atoms with van der Waals surface area (Å²) in [7, 11) is 1.67. The van der Waals surface area contributed by atoms with E-state index in [-0.39, 0.29) is 23.4 Å². The Morgan fingerprint density at radius 1 is 1.30 bits per heavy atom. The highest BCUT2D eigenvalue weighted by Crippen LogP contribution is 2.34. The molecule has 0 bridgehead atoms. The van der Waals surface area contributed by atoms with Gasteiger partial charge in [0.1, 0.15) is 11.6 Å². The smallest absolute Gasteiger partial charge is 0.254 e. The number of aryl methyl sites for hydroxylation is 1. The Kier molecular flexibility index (Phi) is 5.21. The molecule has 0 aliphatic carbocycles. The number of ether oxygens (including phenoxy) is 1. The van der Waals surface area contributed by atoms with Gasteiger partial charge in [-0.05, 0) is 32.9 Å². The Balaban J connectivity index is 1.75. The fourth-order valence-electron chi connectivity index (χ4n) is 3.58. The maximum absolute atomic E-state index is 12.8. The van der Waals surface area contributed by atoms with Crippen molar-refractivity contribution in [3.63, 3.8) is 0 Å². The van der Waals surface area contributed by atoms with Gasteiger partial charge < -0.3 is 19.5 Å². The van der Waals surface area contributed by atoms with Crippen LogP contribution in [-0.4, -0.2) is 53.1 Å². The van der Waals surface area contributed by atoms with E-state index >= 15 is 0 Å². The van der Waals surface area contributed by atoms with E-state index in [1.54, 1.807) is 14.0 Å². The summed E-state index contributed by atoms with van der Waals surface area (Å²) in [4.78, 5) is 35.6. The number of methoxy groups -OCH3 is 1. The number of hydrogen-bond donors (Lipinski definition) is 1. The summed E-state index contributed by atoms with van der Waals surface area (Å²) in [6.07, 6.45) is 1.55. The van der Waals surface area contributed by atoms with E-state index < -0.39 is 0 Å². The number of hydrogen-bond acceptors (Lipinski definition) is 5. The minimum absolute atomic E-state index is 0.0566. The van der Waals surface area contributed by atoms with Gasteiger partial charge in [0.25, 0.3) is 5.56 Å². The van der Waals surface area contributed by atoms with Crippen molar-refractivity contribution in [3.8, 4) is 5.75 Å². The van der Waals surface area contributed by atoms with Crippen molar-refractivity contribution in [2.24, 2.45) is 0 Å². The molecule has 27 heavy (non-hydrogen) atoms. The molecule has 1 amide bonds. The van der Waals surface area contributed by atoms with Gasteiger partial charge in [-0.25, -0.2) is 4.98 Å². The molecule has 0 spiro atoms. The van der Waals surface area contributed by atoms with Crippen molar-refractivity contribution in [2.75, 3.05) is 31.6 Å². The molecule has 1 fully saturated rings. The first-order valence-electron chi connectivity index (χ1n) is 9.05. The third-order valence-electron chi connectivity index (χ3n) is 4.97. The molecule has 1 saturated heterocycles. The fourth-order valence-corrected chi connectivity index (χ4v) is 3.58. The molecule has 1 N–H and O–H groups in total. The molecule has 7 nitrogen and oxygen atoms in total. The minimum Gasteiger partial charge on any atom is -0.495 e. The minimum atomic E-state index is -0.263. The molecule has 0 radical (unpaired) electrons. The number of amides is 1. The van der Waals surface area contributed by atoms with E-state index in [0.29, 0.717) is 31.0 Å². The van der Waals surface area contributed by atoms with Gasteiger partial charge >= 0.3 is 0 Å². The van der Waals surface area contributed by atoms with Crippen LogP contribution in [0.2, 0.25) is 0 Å². The van der Waals surface area contributed by atoms with Crippen LogP contribution in [0.3, 0.4) is 0 Å². The van der Waals surface area contributed by atoms with E-state index in [0.717, 1.165) is 11.4 Å². The van der Waals surface area contributed by atoms with Crippen LogP contribution in [0.15, 0.2) is 35.3 Å².